The number of aliphatic hydroxyl groups is 1. The van der Waals surface area contributed by atoms with Crippen molar-refractivity contribution in [3.8, 4) is 0 Å². The molecule has 0 aromatic heterocycles. The normalized spacial score (nSPS) is 21.1. The van der Waals surface area contributed by atoms with E-state index >= 15 is 0 Å². The molecule has 0 radical (unpaired) electrons. The Morgan fingerprint density at radius 1 is 1.33 bits per heavy atom. The summed E-state index contributed by atoms with van der Waals surface area (Å²) in [5.74, 6) is 0.547. The van der Waals surface area contributed by atoms with E-state index in [1.54, 1.807) is 0 Å². The van der Waals surface area contributed by atoms with Gasteiger partial charge in [-0.3, -0.25) is 0 Å². The quantitative estimate of drug-likeness (QED) is 0.784. The maximum atomic E-state index is 8.95. The maximum Gasteiger partial charge on any atom is 0.0434 e. The van der Waals surface area contributed by atoms with Crippen LogP contribution in [0.3, 0.4) is 0 Å². The number of benzene rings is 1. The molecular weight excluding hydrogens is 222 g/mol. The van der Waals surface area contributed by atoms with Crippen LogP contribution in [0.25, 0.3) is 0 Å². The SMILES string of the molecule is CC(CCO)CNC1CCCCc2ccccc21. The lowest BCUT2D eigenvalue weighted by molar-refractivity contribution is 0.257. The molecule has 0 spiro atoms. The topological polar surface area (TPSA) is 32.3 Å². The molecule has 1 aromatic rings. The summed E-state index contributed by atoms with van der Waals surface area (Å²) < 4.78 is 0. The van der Waals surface area contributed by atoms with Gasteiger partial charge in [0.05, 0.1) is 0 Å². The van der Waals surface area contributed by atoms with E-state index in [4.69, 9.17) is 5.11 Å². The van der Waals surface area contributed by atoms with Crippen molar-refractivity contribution in [3.63, 3.8) is 0 Å². The van der Waals surface area contributed by atoms with E-state index in [0.717, 1.165) is 13.0 Å². The maximum absolute atomic E-state index is 8.95. The van der Waals surface area contributed by atoms with Gasteiger partial charge in [0.25, 0.3) is 0 Å². The molecule has 0 saturated heterocycles. The van der Waals surface area contributed by atoms with Gasteiger partial charge in [-0.25, -0.2) is 0 Å². The molecule has 2 nitrogen and oxygen atoms in total. The monoisotopic (exact) mass is 247 g/mol. The number of fused-ring (bicyclic) bond motifs is 1. The highest BCUT2D eigenvalue weighted by molar-refractivity contribution is 5.31. The second-order valence-corrected chi connectivity index (χ2v) is 5.52. The zero-order valence-electron chi connectivity index (χ0n) is 11.4. The van der Waals surface area contributed by atoms with Gasteiger partial charge < -0.3 is 10.4 Å². The molecule has 0 heterocycles. The Kier molecular flexibility index (Phi) is 5.21. The standard InChI is InChI=1S/C16H25NO/c1-13(10-11-18)12-17-16-9-5-3-7-14-6-2-4-8-15(14)16/h2,4,6,8,13,16-18H,3,5,7,9-12H2,1H3. The fourth-order valence-corrected chi connectivity index (χ4v) is 2.80. The second kappa shape index (κ2) is 6.91. The minimum atomic E-state index is 0.296. The van der Waals surface area contributed by atoms with Crippen LogP contribution in [0.4, 0.5) is 0 Å². The molecule has 1 aromatic carbocycles. The molecule has 0 bridgehead atoms. The molecule has 0 amide bonds. The third-order valence-corrected chi connectivity index (χ3v) is 3.95. The van der Waals surface area contributed by atoms with Gasteiger partial charge in [0.15, 0.2) is 0 Å². The Bertz CT molecular complexity index is 364. The third kappa shape index (κ3) is 3.56. The largest absolute Gasteiger partial charge is 0.396 e. The lowest BCUT2D eigenvalue weighted by atomic mass is 9.98. The van der Waals surface area contributed by atoms with Crippen LogP contribution in [0.2, 0.25) is 0 Å². The van der Waals surface area contributed by atoms with E-state index < -0.39 is 0 Å². The van der Waals surface area contributed by atoms with Crippen molar-refractivity contribution in [1.29, 1.82) is 0 Å². The molecule has 2 heteroatoms. The molecule has 0 fully saturated rings. The van der Waals surface area contributed by atoms with Crippen molar-refractivity contribution < 1.29 is 5.11 Å². The van der Waals surface area contributed by atoms with E-state index in [1.807, 2.05) is 0 Å². The summed E-state index contributed by atoms with van der Waals surface area (Å²) in [5.41, 5.74) is 3.01. The number of hydrogen-bond acceptors (Lipinski definition) is 2. The highest BCUT2D eigenvalue weighted by atomic mass is 16.3. The van der Waals surface area contributed by atoms with Crippen molar-refractivity contribution in [2.45, 2.75) is 45.1 Å². The molecule has 1 aliphatic carbocycles. The van der Waals surface area contributed by atoms with E-state index in [0.29, 0.717) is 18.6 Å². The average molecular weight is 247 g/mol. The van der Waals surface area contributed by atoms with Gasteiger partial charge in [0.2, 0.25) is 0 Å². The Labute approximate surface area is 110 Å². The molecular formula is C16H25NO. The van der Waals surface area contributed by atoms with Crippen molar-refractivity contribution in [2.24, 2.45) is 5.92 Å². The van der Waals surface area contributed by atoms with Crippen molar-refractivity contribution >= 4 is 0 Å². The molecule has 1 aliphatic rings. The molecule has 18 heavy (non-hydrogen) atoms. The van der Waals surface area contributed by atoms with Crippen LogP contribution in [0, 0.1) is 5.92 Å². The summed E-state index contributed by atoms with van der Waals surface area (Å²) in [5, 5.41) is 12.6. The minimum absolute atomic E-state index is 0.296. The van der Waals surface area contributed by atoms with E-state index in [-0.39, 0.29) is 0 Å². The Morgan fingerprint density at radius 2 is 2.17 bits per heavy atom. The smallest absolute Gasteiger partial charge is 0.0434 e. The summed E-state index contributed by atoms with van der Waals surface area (Å²) in [4.78, 5) is 0. The predicted octanol–water partition coefficient (Wildman–Crippen LogP) is 3.06. The number of aryl methyl sites for hydroxylation is 1. The second-order valence-electron chi connectivity index (χ2n) is 5.52. The molecule has 100 valence electrons. The van der Waals surface area contributed by atoms with Crippen LogP contribution >= 0.6 is 0 Å². The van der Waals surface area contributed by atoms with Gasteiger partial charge in [0.1, 0.15) is 0 Å². The van der Waals surface area contributed by atoms with E-state index in [9.17, 15) is 0 Å². The zero-order valence-corrected chi connectivity index (χ0v) is 11.4. The van der Waals surface area contributed by atoms with Gasteiger partial charge >= 0.3 is 0 Å². The van der Waals surface area contributed by atoms with Crippen LogP contribution in [0.1, 0.15) is 49.8 Å². The van der Waals surface area contributed by atoms with Gasteiger partial charge in [-0.15, -0.1) is 0 Å². The van der Waals surface area contributed by atoms with Gasteiger partial charge in [0, 0.05) is 12.6 Å². The van der Waals surface area contributed by atoms with Gasteiger partial charge in [-0.2, -0.15) is 0 Å². The van der Waals surface area contributed by atoms with Crippen LogP contribution in [-0.2, 0) is 6.42 Å². The van der Waals surface area contributed by atoms with Gasteiger partial charge in [-0.05, 0) is 49.3 Å². The van der Waals surface area contributed by atoms with Gasteiger partial charge in [-0.1, -0.05) is 37.6 Å². The number of hydrogen-bond donors (Lipinski definition) is 2. The van der Waals surface area contributed by atoms with Crippen LogP contribution < -0.4 is 5.32 Å². The first-order chi connectivity index (χ1) is 8.81. The van der Waals surface area contributed by atoms with E-state index in [1.165, 1.54) is 36.8 Å². The predicted molar refractivity (Wildman–Crippen MR) is 75.6 cm³/mol. The number of rotatable bonds is 5. The Balaban J connectivity index is 1.99. The first-order valence-electron chi connectivity index (χ1n) is 7.23. The first-order valence-corrected chi connectivity index (χ1v) is 7.23. The molecule has 0 aliphatic heterocycles. The molecule has 2 rings (SSSR count). The summed E-state index contributed by atoms with van der Waals surface area (Å²) in [6, 6.07) is 9.34. The third-order valence-electron chi connectivity index (χ3n) is 3.95. The van der Waals surface area contributed by atoms with Crippen LogP contribution in [0.5, 0.6) is 0 Å². The first kappa shape index (κ1) is 13.6. The number of nitrogens with one attached hydrogen (secondary N) is 1. The van der Waals surface area contributed by atoms with Crippen molar-refractivity contribution in [1.82, 2.24) is 5.32 Å². The highest BCUT2D eigenvalue weighted by Gasteiger charge is 2.18. The molecule has 2 unspecified atom stereocenters. The lowest BCUT2D eigenvalue weighted by Gasteiger charge is -2.21. The minimum Gasteiger partial charge on any atom is -0.396 e. The number of aliphatic hydroxyl groups excluding tert-OH is 1. The molecule has 2 atom stereocenters. The Hall–Kier alpha value is -0.860. The molecule has 2 N–H and O–H groups in total. The van der Waals surface area contributed by atoms with Crippen molar-refractivity contribution in [2.75, 3.05) is 13.2 Å². The zero-order chi connectivity index (χ0) is 12.8. The molecule has 0 saturated carbocycles. The lowest BCUT2D eigenvalue weighted by Crippen LogP contribution is -2.27. The summed E-state index contributed by atoms with van der Waals surface area (Å²) in [7, 11) is 0. The summed E-state index contributed by atoms with van der Waals surface area (Å²) in [6.07, 6.45) is 5.97. The highest BCUT2D eigenvalue weighted by Crippen LogP contribution is 2.28. The Morgan fingerprint density at radius 3 is 3.00 bits per heavy atom. The van der Waals surface area contributed by atoms with Crippen LogP contribution in [-0.4, -0.2) is 18.3 Å². The summed E-state index contributed by atoms with van der Waals surface area (Å²) >= 11 is 0. The van der Waals surface area contributed by atoms with Crippen LogP contribution in [0.15, 0.2) is 24.3 Å². The fraction of sp³-hybridized carbons (Fsp3) is 0.625. The fourth-order valence-electron chi connectivity index (χ4n) is 2.80. The summed E-state index contributed by atoms with van der Waals surface area (Å²) in [6.45, 7) is 3.50. The van der Waals surface area contributed by atoms with E-state index in [2.05, 4.69) is 36.5 Å². The average Bonchev–Trinajstić information content (AvgIpc) is 2.59. The van der Waals surface area contributed by atoms with Crippen molar-refractivity contribution in [3.05, 3.63) is 35.4 Å².